The van der Waals surface area contributed by atoms with Crippen LogP contribution in [-0.4, -0.2) is 31.4 Å². The lowest BCUT2D eigenvalue weighted by Gasteiger charge is -2.08. The van der Waals surface area contributed by atoms with E-state index >= 15 is 0 Å². The van der Waals surface area contributed by atoms with E-state index in [0.29, 0.717) is 28.8 Å². The summed E-state index contributed by atoms with van der Waals surface area (Å²) in [7, 11) is 0. The number of benzene rings is 1. The van der Waals surface area contributed by atoms with Gasteiger partial charge in [-0.3, -0.25) is 9.78 Å². The van der Waals surface area contributed by atoms with Crippen molar-refractivity contribution in [1.29, 1.82) is 0 Å². The third-order valence-electron chi connectivity index (χ3n) is 3.74. The Bertz CT molecular complexity index is 913. The van der Waals surface area contributed by atoms with E-state index in [1.165, 1.54) is 17.8 Å². The lowest BCUT2D eigenvalue weighted by Crippen LogP contribution is -2.15. The van der Waals surface area contributed by atoms with Crippen LogP contribution >= 0.6 is 11.8 Å². The highest BCUT2D eigenvalue weighted by molar-refractivity contribution is 7.99. The molecule has 1 N–H and O–H groups in total. The lowest BCUT2D eigenvalue weighted by atomic mass is 10.2. The summed E-state index contributed by atoms with van der Waals surface area (Å²) in [6.07, 6.45) is 3.42. The summed E-state index contributed by atoms with van der Waals surface area (Å²) in [5.41, 5.74) is 1.84. The average molecular weight is 371 g/mol. The first-order valence-corrected chi connectivity index (χ1v) is 9.09. The van der Waals surface area contributed by atoms with Crippen LogP contribution in [0.1, 0.15) is 12.5 Å². The minimum absolute atomic E-state index is 0.153. The summed E-state index contributed by atoms with van der Waals surface area (Å²) in [6.45, 7) is 4.33. The smallest absolute Gasteiger partial charge is 0.234 e. The molecule has 2 aromatic heterocycles. The van der Waals surface area contributed by atoms with Gasteiger partial charge in [0.15, 0.2) is 11.0 Å². The van der Waals surface area contributed by atoms with Gasteiger partial charge >= 0.3 is 0 Å². The van der Waals surface area contributed by atoms with E-state index in [2.05, 4.69) is 20.5 Å². The van der Waals surface area contributed by atoms with Gasteiger partial charge in [0.1, 0.15) is 5.82 Å². The molecule has 1 aromatic carbocycles. The summed E-state index contributed by atoms with van der Waals surface area (Å²) in [6, 6.07) is 8.37. The molecule has 0 fully saturated rings. The van der Waals surface area contributed by atoms with Gasteiger partial charge in [0.25, 0.3) is 0 Å². The Labute approximate surface area is 154 Å². The lowest BCUT2D eigenvalue weighted by molar-refractivity contribution is -0.113. The zero-order chi connectivity index (χ0) is 18.5. The first-order chi connectivity index (χ1) is 12.6. The fraction of sp³-hybridized carbons (Fsp3) is 0.222. The molecule has 1 amide bonds. The number of aryl methyl sites for hydroxylation is 1. The summed E-state index contributed by atoms with van der Waals surface area (Å²) < 4.78 is 15.5. The predicted octanol–water partition coefficient (Wildman–Crippen LogP) is 3.54. The quantitative estimate of drug-likeness (QED) is 0.671. The van der Waals surface area contributed by atoms with Crippen molar-refractivity contribution in [1.82, 2.24) is 19.7 Å². The summed E-state index contributed by atoms with van der Waals surface area (Å²) in [5, 5.41) is 11.7. The van der Waals surface area contributed by atoms with E-state index in [1.807, 2.05) is 23.6 Å². The van der Waals surface area contributed by atoms with Gasteiger partial charge in [-0.25, -0.2) is 4.39 Å². The maximum absolute atomic E-state index is 13.6. The van der Waals surface area contributed by atoms with E-state index < -0.39 is 0 Å². The third-order valence-corrected chi connectivity index (χ3v) is 4.71. The van der Waals surface area contributed by atoms with Gasteiger partial charge in [0, 0.05) is 30.2 Å². The van der Waals surface area contributed by atoms with Crippen molar-refractivity contribution in [3.05, 3.63) is 54.1 Å². The van der Waals surface area contributed by atoms with Crippen LogP contribution in [0.3, 0.4) is 0 Å². The fourth-order valence-corrected chi connectivity index (χ4v) is 3.19. The number of pyridine rings is 1. The number of aromatic nitrogens is 4. The molecule has 0 unspecified atom stereocenters. The molecule has 2 heterocycles. The summed E-state index contributed by atoms with van der Waals surface area (Å²) >= 11 is 1.28. The molecule has 0 bridgehead atoms. The zero-order valence-corrected chi connectivity index (χ0v) is 15.3. The fourth-order valence-electron chi connectivity index (χ4n) is 2.39. The molecule has 0 radical (unpaired) electrons. The Morgan fingerprint density at radius 2 is 2.15 bits per heavy atom. The SMILES string of the molecule is CCn1c(SCC(=O)Nc2ccc(C)c(F)c2)nnc1-c1cccnc1. The van der Waals surface area contributed by atoms with Gasteiger partial charge in [-0.1, -0.05) is 17.8 Å². The molecule has 0 saturated heterocycles. The van der Waals surface area contributed by atoms with Crippen molar-refractivity contribution in [3.8, 4) is 11.4 Å². The minimum atomic E-state index is -0.345. The number of carbonyl (C=O) groups is 1. The number of hydrogen-bond acceptors (Lipinski definition) is 5. The Hall–Kier alpha value is -2.74. The molecule has 8 heteroatoms. The second-order valence-corrected chi connectivity index (χ2v) is 6.54. The molecule has 0 saturated carbocycles. The van der Waals surface area contributed by atoms with Crippen LogP contribution in [-0.2, 0) is 11.3 Å². The number of halogens is 1. The van der Waals surface area contributed by atoms with Crippen LogP contribution in [0.5, 0.6) is 0 Å². The maximum Gasteiger partial charge on any atom is 0.234 e. The number of rotatable bonds is 6. The Morgan fingerprint density at radius 3 is 2.85 bits per heavy atom. The first-order valence-electron chi connectivity index (χ1n) is 8.11. The second-order valence-electron chi connectivity index (χ2n) is 5.59. The minimum Gasteiger partial charge on any atom is -0.325 e. The van der Waals surface area contributed by atoms with Gasteiger partial charge in [-0.05, 0) is 43.7 Å². The van der Waals surface area contributed by atoms with E-state index in [-0.39, 0.29) is 17.5 Å². The van der Waals surface area contributed by atoms with Gasteiger partial charge in [0.05, 0.1) is 5.75 Å². The largest absolute Gasteiger partial charge is 0.325 e. The summed E-state index contributed by atoms with van der Waals surface area (Å²) in [5.74, 6) is 0.291. The van der Waals surface area contributed by atoms with Crippen LogP contribution in [0.25, 0.3) is 11.4 Å². The zero-order valence-electron chi connectivity index (χ0n) is 14.4. The molecular weight excluding hydrogens is 353 g/mol. The molecule has 6 nitrogen and oxygen atoms in total. The number of amides is 1. The number of hydrogen-bond donors (Lipinski definition) is 1. The van der Waals surface area contributed by atoms with Crippen molar-refractivity contribution in [3.63, 3.8) is 0 Å². The van der Waals surface area contributed by atoms with Crippen molar-refractivity contribution in [2.24, 2.45) is 0 Å². The van der Waals surface area contributed by atoms with Crippen LogP contribution < -0.4 is 5.32 Å². The molecule has 0 atom stereocenters. The first kappa shape index (κ1) is 18.1. The standard InChI is InChI=1S/C18H18FN5OS/c1-3-24-17(13-5-4-8-20-10-13)22-23-18(24)26-11-16(25)21-14-7-6-12(2)15(19)9-14/h4-10H,3,11H2,1-2H3,(H,21,25). The number of nitrogens with zero attached hydrogens (tertiary/aromatic N) is 4. The molecule has 0 aliphatic heterocycles. The molecule has 26 heavy (non-hydrogen) atoms. The van der Waals surface area contributed by atoms with Crippen molar-refractivity contribution < 1.29 is 9.18 Å². The Kier molecular flexibility index (Phi) is 5.62. The van der Waals surface area contributed by atoms with Crippen LogP contribution in [0.15, 0.2) is 47.9 Å². The van der Waals surface area contributed by atoms with Crippen LogP contribution in [0, 0.1) is 12.7 Å². The molecule has 3 rings (SSSR count). The second kappa shape index (κ2) is 8.09. The molecule has 3 aromatic rings. The van der Waals surface area contributed by atoms with Crippen molar-refractivity contribution >= 4 is 23.4 Å². The number of carbonyl (C=O) groups excluding carboxylic acids is 1. The van der Waals surface area contributed by atoms with Crippen molar-refractivity contribution in [2.45, 2.75) is 25.5 Å². The highest BCUT2D eigenvalue weighted by Crippen LogP contribution is 2.23. The predicted molar refractivity (Wildman–Crippen MR) is 99.4 cm³/mol. The van der Waals surface area contributed by atoms with E-state index in [0.717, 1.165) is 5.56 Å². The molecule has 0 spiro atoms. The molecular formula is C18H18FN5OS. The van der Waals surface area contributed by atoms with Gasteiger partial charge in [-0.15, -0.1) is 10.2 Å². The maximum atomic E-state index is 13.6. The van der Waals surface area contributed by atoms with E-state index in [4.69, 9.17) is 0 Å². The van der Waals surface area contributed by atoms with Crippen LogP contribution in [0.2, 0.25) is 0 Å². The molecule has 0 aliphatic carbocycles. The highest BCUT2D eigenvalue weighted by Gasteiger charge is 2.15. The number of anilines is 1. The van der Waals surface area contributed by atoms with E-state index in [9.17, 15) is 9.18 Å². The average Bonchev–Trinajstić information content (AvgIpc) is 3.07. The molecule has 0 aliphatic rings. The van der Waals surface area contributed by atoms with Crippen molar-refractivity contribution in [2.75, 3.05) is 11.1 Å². The number of nitrogens with one attached hydrogen (secondary N) is 1. The van der Waals surface area contributed by atoms with Crippen LogP contribution in [0.4, 0.5) is 10.1 Å². The van der Waals surface area contributed by atoms with Gasteiger partial charge < -0.3 is 9.88 Å². The highest BCUT2D eigenvalue weighted by atomic mass is 32.2. The normalized spacial score (nSPS) is 10.7. The topological polar surface area (TPSA) is 72.7 Å². The Balaban J connectivity index is 1.67. The Morgan fingerprint density at radius 1 is 1.31 bits per heavy atom. The van der Waals surface area contributed by atoms with Gasteiger partial charge in [0.2, 0.25) is 5.91 Å². The number of thioether (sulfide) groups is 1. The third kappa shape index (κ3) is 4.08. The summed E-state index contributed by atoms with van der Waals surface area (Å²) in [4.78, 5) is 16.2. The monoisotopic (exact) mass is 371 g/mol. The van der Waals surface area contributed by atoms with Gasteiger partial charge in [-0.2, -0.15) is 0 Å². The van der Waals surface area contributed by atoms with E-state index in [1.54, 1.807) is 31.5 Å². The molecule has 134 valence electrons.